The summed E-state index contributed by atoms with van der Waals surface area (Å²) >= 11 is 0. The van der Waals surface area contributed by atoms with Crippen molar-refractivity contribution >= 4 is 23.2 Å². The third-order valence-corrected chi connectivity index (χ3v) is 4.60. The number of carbonyl (C=O) groups is 2. The second-order valence-corrected chi connectivity index (χ2v) is 6.47. The van der Waals surface area contributed by atoms with Crippen LogP contribution in [0.2, 0.25) is 0 Å². The van der Waals surface area contributed by atoms with Gasteiger partial charge >= 0.3 is 11.8 Å². The second-order valence-electron chi connectivity index (χ2n) is 6.47. The number of nitrogens with one attached hydrogen (secondary N) is 2. The van der Waals surface area contributed by atoms with E-state index in [2.05, 4.69) is 17.6 Å². The van der Waals surface area contributed by atoms with Gasteiger partial charge in [0.2, 0.25) is 0 Å². The van der Waals surface area contributed by atoms with Gasteiger partial charge in [0.25, 0.3) is 0 Å². The summed E-state index contributed by atoms with van der Waals surface area (Å²) in [6, 6.07) is 7.57. The van der Waals surface area contributed by atoms with E-state index in [0.717, 1.165) is 37.3 Å². The Morgan fingerprint density at radius 1 is 1.09 bits per heavy atom. The molecule has 5 nitrogen and oxygen atoms in total. The van der Waals surface area contributed by atoms with Gasteiger partial charge in [-0.25, -0.2) is 0 Å². The Balaban J connectivity index is 1.90. The molecule has 0 atom stereocenters. The molecular formula is C18H27N3O2. The topological polar surface area (TPSA) is 61.4 Å². The molecule has 1 aliphatic rings. The molecule has 1 aromatic rings. The molecule has 2 amide bonds. The van der Waals surface area contributed by atoms with Crippen LogP contribution < -0.4 is 15.5 Å². The van der Waals surface area contributed by atoms with E-state index in [-0.39, 0.29) is 6.04 Å². The van der Waals surface area contributed by atoms with Gasteiger partial charge in [0.15, 0.2) is 0 Å². The molecule has 0 heterocycles. The highest BCUT2D eigenvalue weighted by Gasteiger charge is 2.24. The Hall–Kier alpha value is -2.04. The van der Waals surface area contributed by atoms with Gasteiger partial charge in [-0.15, -0.1) is 0 Å². The fourth-order valence-corrected chi connectivity index (χ4v) is 3.11. The number of benzene rings is 1. The highest BCUT2D eigenvalue weighted by atomic mass is 16.2. The van der Waals surface area contributed by atoms with Crippen LogP contribution in [0.1, 0.15) is 39.0 Å². The standard InChI is InChI=1S/C18H27N3O2/c1-4-13-9-11-14(12-10-13)19-17(22)18(23)20-15-7-5-6-8-16(15)21(2)3/h5-8,13-14H,4,9-12H2,1-3H3,(H,19,22)(H,20,23). The molecule has 1 aliphatic carbocycles. The average Bonchev–Trinajstić information content (AvgIpc) is 2.55. The first-order valence-electron chi connectivity index (χ1n) is 8.39. The molecule has 0 radical (unpaired) electrons. The van der Waals surface area contributed by atoms with Crippen molar-refractivity contribution in [1.29, 1.82) is 0 Å². The lowest BCUT2D eigenvalue weighted by molar-refractivity contribution is -0.136. The van der Waals surface area contributed by atoms with Crippen molar-refractivity contribution in [1.82, 2.24) is 5.32 Å². The minimum Gasteiger partial charge on any atom is -0.376 e. The van der Waals surface area contributed by atoms with Gasteiger partial charge in [-0.1, -0.05) is 25.5 Å². The first-order valence-corrected chi connectivity index (χ1v) is 8.39. The monoisotopic (exact) mass is 317 g/mol. The Labute approximate surface area is 138 Å². The van der Waals surface area contributed by atoms with Crippen LogP contribution in [0.4, 0.5) is 11.4 Å². The minimum atomic E-state index is -0.600. The van der Waals surface area contributed by atoms with Crippen LogP contribution in [-0.4, -0.2) is 32.0 Å². The predicted octanol–water partition coefficient (Wildman–Crippen LogP) is 2.78. The molecule has 5 heteroatoms. The lowest BCUT2D eigenvalue weighted by Crippen LogP contribution is -2.43. The van der Waals surface area contributed by atoms with Crippen molar-refractivity contribution in [2.45, 2.75) is 45.1 Å². The zero-order valence-electron chi connectivity index (χ0n) is 14.3. The van der Waals surface area contributed by atoms with E-state index >= 15 is 0 Å². The number of carbonyl (C=O) groups excluding carboxylic acids is 2. The lowest BCUT2D eigenvalue weighted by Gasteiger charge is -2.28. The Morgan fingerprint density at radius 2 is 1.74 bits per heavy atom. The van der Waals surface area contributed by atoms with Crippen molar-refractivity contribution in [2.24, 2.45) is 5.92 Å². The van der Waals surface area contributed by atoms with E-state index in [9.17, 15) is 9.59 Å². The first-order chi connectivity index (χ1) is 11.0. The van der Waals surface area contributed by atoms with Gasteiger partial charge < -0.3 is 15.5 Å². The van der Waals surface area contributed by atoms with Crippen molar-refractivity contribution in [3.05, 3.63) is 24.3 Å². The Kier molecular flexibility index (Phi) is 6.02. The molecule has 0 spiro atoms. The summed E-state index contributed by atoms with van der Waals surface area (Å²) in [6.07, 6.45) is 5.39. The summed E-state index contributed by atoms with van der Waals surface area (Å²) in [6.45, 7) is 2.21. The molecule has 0 aromatic heterocycles. The molecule has 0 unspecified atom stereocenters. The summed E-state index contributed by atoms with van der Waals surface area (Å²) in [5, 5.41) is 5.58. The zero-order chi connectivity index (χ0) is 16.8. The molecule has 0 saturated heterocycles. The summed E-state index contributed by atoms with van der Waals surface area (Å²) < 4.78 is 0. The maximum Gasteiger partial charge on any atom is 0.313 e. The summed E-state index contributed by atoms with van der Waals surface area (Å²) in [4.78, 5) is 26.2. The highest BCUT2D eigenvalue weighted by molar-refractivity contribution is 6.40. The minimum absolute atomic E-state index is 0.125. The third kappa shape index (κ3) is 4.71. The molecule has 2 rings (SSSR count). The molecule has 2 N–H and O–H groups in total. The smallest absolute Gasteiger partial charge is 0.313 e. The van der Waals surface area contributed by atoms with E-state index in [1.54, 1.807) is 6.07 Å². The largest absolute Gasteiger partial charge is 0.376 e. The van der Waals surface area contributed by atoms with Crippen LogP contribution in [0.3, 0.4) is 0 Å². The number of anilines is 2. The van der Waals surface area contributed by atoms with Crippen LogP contribution in [0.5, 0.6) is 0 Å². The zero-order valence-corrected chi connectivity index (χ0v) is 14.3. The van der Waals surface area contributed by atoms with E-state index in [1.165, 1.54) is 6.42 Å². The van der Waals surface area contributed by atoms with Crippen LogP contribution >= 0.6 is 0 Å². The summed E-state index contributed by atoms with van der Waals surface area (Å²) in [7, 11) is 3.80. The second kappa shape index (κ2) is 7.99. The summed E-state index contributed by atoms with van der Waals surface area (Å²) in [5.41, 5.74) is 1.52. The first kappa shape index (κ1) is 17.3. The van der Waals surface area contributed by atoms with Crippen molar-refractivity contribution in [3.8, 4) is 0 Å². The van der Waals surface area contributed by atoms with Crippen molar-refractivity contribution < 1.29 is 9.59 Å². The maximum atomic E-state index is 12.1. The van der Waals surface area contributed by atoms with Crippen molar-refractivity contribution in [3.63, 3.8) is 0 Å². The highest BCUT2D eigenvalue weighted by Crippen LogP contribution is 2.26. The van der Waals surface area contributed by atoms with Gasteiger partial charge in [-0.2, -0.15) is 0 Å². The SMILES string of the molecule is CCC1CCC(NC(=O)C(=O)Nc2ccccc2N(C)C)CC1. The number of nitrogens with zero attached hydrogens (tertiary/aromatic N) is 1. The molecule has 1 fully saturated rings. The number of amides is 2. The number of para-hydroxylation sites is 2. The van der Waals surface area contributed by atoms with Crippen LogP contribution in [0, 0.1) is 5.92 Å². The van der Waals surface area contributed by atoms with E-state index in [1.807, 2.05) is 37.2 Å². The number of hydrogen-bond acceptors (Lipinski definition) is 3. The van der Waals surface area contributed by atoms with Gasteiger partial charge in [-0.05, 0) is 43.7 Å². The number of rotatable bonds is 4. The summed E-state index contributed by atoms with van der Waals surface area (Å²) in [5.74, 6) is -0.376. The predicted molar refractivity (Wildman–Crippen MR) is 93.6 cm³/mol. The molecule has 0 aliphatic heterocycles. The molecule has 0 bridgehead atoms. The number of hydrogen-bond donors (Lipinski definition) is 2. The van der Waals surface area contributed by atoms with Gasteiger partial charge in [0.05, 0.1) is 11.4 Å². The quantitative estimate of drug-likeness (QED) is 0.840. The van der Waals surface area contributed by atoms with Gasteiger partial charge in [0, 0.05) is 20.1 Å². The van der Waals surface area contributed by atoms with Crippen LogP contribution in [0.15, 0.2) is 24.3 Å². The van der Waals surface area contributed by atoms with Gasteiger partial charge in [-0.3, -0.25) is 9.59 Å². The lowest BCUT2D eigenvalue weighted by atomic mass is 9.84. The van der Waals surface area contributed by atoms with Gasteiger partial charge in [0.1, 0.15) is 0 Å². The Bertz CT molecular complexity index is 549. The molecule has 1 aromatic carbocycles. The maximum absolute atomic E-state index is 12.1. The molecule has 1 saturated carbocycles. The fraction of sp³-hybridized carbons (Fsp3) is 0.556. The Morgan fingerprint density at radius 3 is 2.35 bits per heavy atom. The van der Waals surface area contributed by atoms with Crippen LogP contribution in [0.25, 0.3) is 0 Å². The molecular weight excluding hydrogens is 290 g/mol. The molecule has 23 heavy (non-hydrogen) atoms. The fourth-order valence-electron chi connectivity index (χ4n) is 3.11. The van der Waals surface area contributed by atoms with E-state index in [0.29, 0.717) is 5.69 Å². The van der Waals surface area contributed by atoms with E-state index in [4.69, 9.17) is 0 Å². The van der Waals surface area contributed by atoms with Crippen molar-refractivity contribution in [2.75, 3.05) is 24.3 Å². The molecule has 126 valence electrons. The van der Waals surface area contributed by atoms with E-state index < -0.39 is 11.8 Å². The normalized spacial score (nSPS) is 20.7. The van der Waals surface area contributed by atoms with Crippen LogP contribution in [-0.2, 0) is 9.59 Å². The third-order valence-electron chi connectivity index (χ3n) is 4.60. The average molecular weight is 317 g/mol.